The fraction of sp³-hybridized carbons (Fsp3) is 1.00. The molecule has 0 aromatic carbocycles. The van der Waals surface area contributed by atoms with Crippen LogP contribution in [0.1, 0.15) is 19.8 Å². The molecule has 1 saturated heterocycles. The van der Waals surface area contributed by atoms with Gasteiger partial charge in [-0.3, -0.25) is 4.90 Å². The minimum atomic E-state index is 0.234. The molecule has 1 aliphatic heterocycles. The molecule has 2 aliphatic rings. The average molecular weight is 214 g/mol. The number of hydrogen-bond acceptors (Lipinski definition) is 4. The summed E-state index contributed by atoms with van der Waals surface area (Å²) in [6, 6.07) is 1.38. The summed E-state index contributed by atoms with van der Waals surface area (Å²) in [5.41, 5.74) is 0. The molecule has 0 aromatic heterocycles. The number of nitrogens with zero attached hydrogens (tertiary/aromatic N) is 1. The quantitative estimate of drug-likeness (QED) is 0.666. The van der Waals surface area contributed by atoms with E-state index in [9.17, 15) is 5.11 Å². The molecule has 0 radical (unpaired) electrons. The van der Waals surface area contributed by atoms with E-state index in [4.69, 9.17) is 4.74 Å². The van der Waals surface area contributed by atoms with E-state index in [1.54, 1.807) is 0 Å². The molecule has 0 amide bonds. The summed E-state index contributed by atoms with van der Waals surface area (Å²) in [4.78, 5) is 2.40. The molecular formula is C11H22N2O2. The molecule has 4 nitrogen and oxygen atoms in total. The van der Waals surface area contributed by atoms with E-state index in [0.29, 0.717) is 12.1 Å². The first-order valence-corrected chi connectivity index (χ1v) is 5.98. The van der Waals surface area contributed by atoms with Crippen LogP contribution in [0, 0.1) is 0 Å². The molecule has 2 atom stereocenters. The molecule has 2 rings (SSSR count). The maximum Gasteiger partial charge on any atom is 0.0619 e. The molecular weight excluding hydrogens is 192 g/mol. The van der Waals surface area contributed by atoms with Gasteiger partial charge in [0.15, 0.2) is 0 Å². The number of hydrogen-bond donors (Lipinski definition) is 2. The molecule has 2 unspecified atom stereocenters. The van der Waals surface area contributed by atoms with Crippen LogP contribution in [0.3, 0.4) is 0 Å². The minimum absolute atomic E-state index is 0.234. The number of rotatable bonds is 5. The molecule has 1 aliphatic carbocycles. The van der Waals surface area contributed by atoms with Gasteiger partial charge in [0, 0.05) is 31.2 Å². The maximum atomic E-state index is 9.30. The van der Waals surface area contributed by atoms with Gasteiger partial charge in [-0.05, 0) is 19.8 Å². The first kappa shape index (κ1) is 11.3. The third-order valence-electron chi connectivity index (χ3n) is 3.23. The van der Waals surface area contributed by atoms with Crippen molar-refractivity contribution in [3.63, 3.8) is 0 Å². The zero-order valence-electron chi connectivity index (χ0n) is 9.48. The Kier molecular flexibility index (Phi) is 3.97. The van der Waals surface area contributed by atoms with Gasteiger partial charge < -0.3 is 15.2 Å². The highest BCUT2D eigenvalue weighted by Crippen LogP contribution is 2.19. The monoisotopic (exact) mass is 214 g/mol. The predicted octanol–water partition coefficient (Wildman–Crippen LogP) is -0.180. The Labute approximate surface area is 91.6 Å². The second kappa shape index (κ2) is 5.25. The molecule has 1 heterocycles. The van der Waals surface area contributed by atoms with E-state index in [0.717, 1.165) is 26.3 Å². The lowest BCUT2D eigenvalue weighted by molar-refractivity contribution is -0.00732. The van der Waals surface area contributed by atoms with E-state index in [1.807, 2.05) is 0 Å². The summed E-state index contributed by atoms with van der Waals surface area (Å²) < 4.78 is 5.40. The summed E-state index contributed by atoms with van der Waals surface area (Å²) in [5, 5.41) is 12.8. The van der Waals surface area contributed by atoms with Gasteiger partial charge in [0.05, 0.1) is 19.8 Å². The molecule has 4 heteroatoms. The van der Waals surface area contributed by atoms with Crippen LogP contribution in [-0.2, 0) is 4.74 Å². The van der Waals surface area contributed by atoms with Crippen LogP contribution >= 0.6 is 0 Å². The van der Waals surface area contributed by atoms with Crippen LogP contribution < -0.4 is 5.32 Å². The largest absolute Gasteiger partial charge is 0.395 e. The average Bonchev–Trinajstić information content (AvgIpc) is 3.04. The van der Waals surface area contributed by atoms with Crippen molar-refractivity contribution in [1.82, 2.24) is 10.2 Å². The Balaban J connectivity index is 1.75. The highest BCUT2D eigenvalue weighted by Gasteiger charge is 2.27. The summed E-state index contributed by atoms with van der Waals surface area (Å²) in [6.45, 7) is 6.00. The topological polar surface area (TPSA) is 44.7 Å². The molecule has 0 bridgehead atoms. The van der Waals surface area contributed by atoms with Crippen molar-refractivity contribution in [1.29, 1.82) is 0 Å². The van der Waals surface area contributed by atoms with Crippen molar-refractivity contribution in [3.05, 3.63) is 0 Å². The Morgan fingerprint density at radius 1 is 1.53 bits per heavy atom. The van der Waals surface area contributed by atoms with Gasteiger partial charge in [-0.2, -0.15) is 0 Å². The van der Waals surface area contributed by atoms with Crippen LogP contribution in [-0.4, -0.2) is 61.0 Å². The Hall–Kier alpha value is -0.160. The number of aliphatic hydroxyl groups excluding tert-OH is 1. The van der Waals surface area contributed by atoms with Gasteiger partial charge in [-0.15, -0.1) is 0 Å². The number of nitrogens with one attached hydrogen (secondary N) is 1. The lowest BCUT2D eigenvalue weighted by atomic mass is 10.2. The fourth-order valence-electron chi connectivity index (χ4n) is 2.06. The van der Waals surface area contributed by atoms with Gasteiger partial charge in [0.1, 0.15) is 0 Å². The second-order valence-corrected chi connectivity index (χ2v) is 4.74. The number of morpholine rings is 1. The molecule has 2 N–H and O–H groups in total. The van der Waals surface area contributed by atoms with Crippen LogP contribution in [0.25, 0.3) is 0 Å². The Morgan fingerprint density at radius 2 is 2.33 bits per heavy atom. The highest BCUT2D eigenvalue weighted by atomic mass is 16.5. The van der Waals surface area contributed by atoms with Crippen molar-refractivity contribution in [3.8, 4) is 0 Å². The van der Waals surface area contributed by atoms with Gasteiger partial charge in [-0.25, -0.2) is 0 Å². The minimum Gasteiger partial charge on any atom is -0.395 e. The summed E-state index contributed by atoms with van der Waals surface area (Å²) in [5.74, 6) is 0. The second-order valence-electron chi connectivity index (χ2n) is 4.74. The highest BCUT2D eigenvalue weighted by molar-refractivity contribution is 4.87. The van der Waals surface area contributed by atoms with Crippen molar-refractivity contribution in [2.75, 3.05) is 32.9 Å². The first-order valence-electron chi connectivity index (χ1n) is 5.98. The van der Waals surface area contributed by atoms with E-state index in [-0.39, 0.29) is 12.6 Å². The fourth-order valence-corrected chi connectivity index (χ4v) is 2.06. The SMILES string of the molecule is CC1COCCN1CC(CO)NC1CC1. The van der Waals surface area contributed by atoms with Crippen molar-refractivity contribution < 1.29 is 9.84 Å². The molecule has 2 fully saturated rings. The van der Waals surface area contributed by atoms with Crippen molar-refractivity contribution in [2.45, 2.75) is 37.9 Å². The van der Waals surface area contributed by atoms with E-state index >= 15 is 0 Å². The van der Waals surface area contributed by atoms with Gasteiger partial charge in [-0.1, -0.05) is 0 Å². The predicted molar refractivity (Wildman–Crippen MR) is 58.9 cm³/mol. The summed E-state index contributed by atoms with van der Waals surface area (Å²) in [6.07, 6.45) is 2.55. The Morgan fingerprint density at radius 3 is 2.93 bits per heavy atom. The normalized spacial score (nSPS) is 30.4. The van der Waals surface area contributed by atoms with Gasteiger partial charge in [0.2, 0.25) is 0 Å². The molecule has 1 saturated carbocycles. The van der Waals surface area contributed by atoms with Crippen LogP contribution in [0.4, 0.5) is 0 Å². The summed E-state index contributed by atoms with van der Waals surface area (Å²) >= 11 is 0. The van der Waals surface area contributed by atoms with Gasteiger partial charge in [0.25, 0.3) is 0 Å². The molecule has 0 aromatic rings. The molecule has 15 heavy (non-hydrogen) atoms. The Bertz CT molecular complexity index is 197. The number of aliphatic hydroxyl groups is 1. The summed E-state index contributed by atoms with van der Waals surface area (Å²) in [7, 11) is 0. The zero-order valence-corrected chi connectivity index (χ0v) is 9.48. The smallest absolute Gasteiger partial charge is 0.0619 e. The first-order chi connectivity index (χ1) is 7.29. The van der Waals surface area contributed by atoms with Crippen LogP contribution in [0.5, 0.6) is 0 Å². The molecule has 88 valence electrons. The van der Waals surface area contributed by atoms with Crippen molar-refractivity contribution in [2.24, 2.45) is 0 Å². The van der Waals surface area contributed by atoms with Gasteiger partial charge >= 0.3 is 0 Å². The standard InChI is InChI=1S/C11H22N2O2/c1-9-8-15-5-4-13(9)6-11(7-14)12-10-2-3-10/h9-12,14H,2-8H2,1H3. The maximum absolute atomic E-state index is 9.30. The third kappa shape index (κ3) is 3.41. The van der Waals surface area contributed by atoms with Crippen molar-refractivity contribution >= 4 is 0 Å². The molecule has 0 spiro atoms. The van der Waals surface area contributed by atoms with Crippen LogP contribution in [0.2, 0.25) is 0 Å². The number of ether oxygens (including phenoxy) is 1. The van der Waals surface area contributed by atoms with E-state index in [2.05, 4.69) is 17.1 Å². The lowest BCUT2D eigenvalue weighted by Crippen LogP contribution is -2.51. The van der Waals surface area contributed by atoms with E-state index < -0.39 is 0 Å². The zero-order chi connectivity index (χ0) is 10.7. The lowest BCUT2D eigenvalue weighted by Gasteiger charge is -2.35. The van der Waals surface area contributed by atoms with Crippen LogP contribution in [0.15, 0.2) is 0 Å². The van der Waals surface area contributed by atoms with E-state index in [1.165, 1.54) is 12.8 Å². The third-order valence-corrected chi connectivity index (χ3v) is 3.23.